The molecule has 0 bridgehead atoms. The number of rotatable bonds is 7. The minimum atomic E-state index is -2.01. The monoisotopic (exact) mass is 517 g/mol. The molecule has 0 fully saturated rings. The second kappa shape index (κ2) is 10.1. The van der Waals surface area contributed by atoms with Crippen LogP contribution in [-0.4, -0.2) is 25.0 Å². The van der Waals surface area contributed by atoms with Crippen LogP contribution < -0.4 is 4.74 Å². The van der Waals surface area contributed by atoms with Crippen LogP contribution >= 0.6 is 11.6 Å². The zero-order chi connectivity index (χ0) is 26.2. The van der Waals surface area contributed by atoms with Crippen molar-refractivity contribution in [1.82, 2.24) is 9.55 Å². The zero-order valence-corrected chi connectivity index (χ0v) is 23.7. The Morgan fingerprint density at radius 1 is 1.03 bits per heavy atom. The predicted molar refractivity (Wildman–Crippen MR) is 149 cm³/mol. The summed E-state index contributed by atoms with van der Waals surface area (Å²) in [4.78, 5) is 5.09. The summed E-state index contributed by atoms with van der Waals surface area (Å²) < 4.78 is 14.0. The van der Waals surface area contributed by atoms with E-state index in [1.54, 1.807) is 7.11 Å². The average Bonchev–Trinajstić information content (AvgIpc) is 3.06. The topological polar surface area (TPSA) is 60.1 Å². The van der Waals surface area contributed by atoms with Gasteiger partial charge in [0.25, 0.3) is 0 Å². The van der Waals surface area contributed by atoms with Crippen molar-refractivity contribution in [2.75, 3.05) is 7.11 Å². The molecule has 0 radical (unpaired) electrons. The van der Waals surface area contributed by atoms with Crippen molar-refractivity contribution in [3.05, 3.63) is 81.6 Å². The molecule has 0 spiro atoms. The molecular weight excluding hydrogens is 486 g/mol. The van der Waals surface area contributed by atoms with Crippen molar-refractivity contribution in [2.24, 2.45) is 0 Å². The Morgan fingerprint density at radius 2 is 1.67 bits per heavy atom. The molecule has 1 atom stereocenters. The third-order valence-corrected chi connectivity index (χ3v) is 7.66. The molecule has 1 unspecified atom stereocenters. The number of hydrogen-bond donors (Lipinski definition) is 0. The number of methoxy groups -OCH3 is 1. The summed E-state index contributed by atoms with van der Waals surface area (Å²) in [7, 11) is -0.341. The maximum absolute atomic E-state index is 10.2. The van der Waals surface area contributed by atoms with Crippen LogP contribution in [0.2, 0.25) is 24.7 Å². The molecule has 7 heteroatoms. The highest BCUT2D eigenvalue weighted by Gasteiger charge is 2.30. The first-order valence-electron chi connectivity index (χ1n) is 12.0. The molecule has 2 heterocycles. The molecule has 0 aliphatic carbocycles. The van der Waals surface area contributed by atoms with Crippen molar-refractivity contribution >= 4 is 31.0 Å². The van der Waals surface area contributed by atoms with Crippen molar-refractivity contribution in [1.29, 1.82) is 5.26 Å². The van der Waals surface area contributed by atoms with Crippen LogP contribution in [0.15, 0.2) is 48.5 Å². The summed E-state index contributed by atoms with van der Waals surface area (Å²) in [5.41, 5.74) is 7.95. The molecule has 5 nitrogen and oxygen atoms in total. The zero-order valence-electron chi connectivity index (χ0n) is 21.9. The molecule has 0 aliphatic rings. The highest BCUT2D eigenvalue weighted by atomic mass is 35.5. The second-order valence-corrected chi connectivity index (χ2v) is 15.0. The van der Waals surface area contributed by atoms with Crippen molar-refractivity contribution < 1.29 is 9.16 Å². The molecule has 36 heavy (non-hydrogen) atoms. The number of hydrogen-bond acceptors (Lipinski definition) is 4. The third-order valence-electron chi connectivity index (χ3n) is 6.47. The smallest absolute Gasteiger partial charge is 0.186 e. The lowest BCUT2D eigenvalue weighted by molar-refractivity contribution is 0.254. The summed E-state index contributed by atoms with van der Waals surface area (Å²) in [6.45, 7) is 13.2. The second-order valence-electron chi connectivity index (χ2n) is 10.1. The van der Waals surface area contributed by atoms with Crippen LogP contribution in [0.3, 0.4) is 0 Å². The summed E-state index contributed by atoms with van der Waals surface area (Å²) in [5, 5.41) is 11.9. The van der Waals surface area contributed by atoms with E-state index in [0.29, 0.717) is 11.6 Å². The highest BCUT2D eigenvalue weighted by Crippen LogP contribution is 2.42. The van der Waals surface area contributed by atoms with Gasteiger partial charge in [-0.15, -0.1) is 0 Å². The molecule has 0 amide bonds. The van der Waals surface area contributed by atoms with Gasteiger partial charge in [0.15, 0.2) is 14.4 Å². The van der Waals surface area contributed by atoms with Gasteiger partial charge in [0, 0.05) is 39.5 Å². The quantitative estimate of drug-likeness (QED) is 0.235. The Hall–Kier alpha value is -3.11. The van der Waals surface area contributed by atoms with Crippen LogP contribution in [0.25, 0.3) is 22.2 Å². The first-order valence-corrected chi connectivity index (χ1v) is 15.8. The van der Waals surface area contributed by atoms with Gasteiger partial charge in [0.2, 0.25) is 0 Å². The largest absolute Gasteiger partial charge is 0.497 e. The van der Waals surface area contributed by atoms with E-state index in [-0.39, 0.29) is 0 Å². The van der Waals surface area contributed by atoms with Crippen LogP contribution in [-0.2, 0) is 11.0 Å². The lowest BCUT2D eigenvalue weighted by Gasteiger charge is -2.25. The van der Waals surface area contributed by atoms with E-state index in [9.17, 15) is 5.26 Å². The van der Waals surface area contributed by atoms with Gasteiger partial charge in [-0.25, -0.2) is 4.98 Å². The van der Waals surface area contributed by atoms with Gasteiger partial charge >= 0.3 is 0 Å². The maximum Gasteiger partial charge on any atom is 0.186 e. The molecule has 0 saturated carbocycles. The van der Waals surface area contributed by atoms with E-state index in [4.69, 9.17) is 25.7 Å². The van der Waals surface area contributed by atoms with E-state index in [1.807, 2.05) is 43.3 Å². The van der Waals surface area contributed by atoms with Crippen LogP contribution in [0.4, 0.5) is 0 Å². The lowest BCUT2D eigenvalue weighted by atomic mass is 9.92. The molecule has 2 aromatic carbocycles. The van der Waals surface area contributed by atoms with E-state index in [2.05, 4.69) is 56.3 Å². The van der Waals surface area contributed by atoms with Crippen LogP contribution in [0.5, 0.6) is 5.75 Å². The molecule has 4 rings (SSSR count). The fraction of sp³-hybridized carbons (Fsp3) is 0.310. The fourth-order valence-electron chi connectivity index (χ4n) is 4.64. The number of nitriles is 1. The van der Waals surface area contributed by atoms with Crippen molar-refractivity contribution in [3.8, 4) is 22.9 Å². The van der Waals surface area contributed by atoms with Gasteiger partial charge in [-0.1, -0.05) is 35.9 Å². The molecule has 0 N–H and O–H groups in total. The number of ether oxygens (including phenoxy) is 1. The summed E-state index contributed by atoms with van der Waals surface area (Å²) in [6, 6.07) is 18.3. The maximum atomic E-state index is 10.2. The van der Waals surface area contributed by atoms with E-state index >= 15 is 0 Å². The number of pyridine rings is 1. The number of aryl methyl sites for hydroxylation is 2. The van der Waals surface area contributed by atoms with Gasteiger partial charge in [0.05, 0.1) is 13.2 Å². The Kier molecular flexibility index (Phi) is 7.28. The first-order chi connectivity index (χ1) is 17.0. The lowest BCUT2D eigenvalue weighted by Crippen LogP contribution is -2.28. The Bertz CT molecular complexity index is 1450. The third kappa shape index (κ3) is 5.05. The molecule has 2 aromatic heterocycles. The number of fused-ring (bicyclic) bond motifs is 1. The van der Waals surface area contributed by atoms with Crippen LogP contribution in [0, 0.1) is 32.1 Å². The normalized spacial score (nSPS) is 12.5. The molecule has 4 aromatic rings. The minimum Gasteiger partial charge on any atom is -0.497 e. The van der Waals surface area contributed by atoms with Gasteiger partial charge in [-0.3, -0.25) is 0 Å². The Balaban J connectivity index is 2.01. The van der Waals surface area contributed by atoms with E-state index < -0.39 is 14.4 Å². The minimum absolute atomic E-state index is 0.669. The number of aromatic nitrogens is 2. The number of halogens is 1. The fourth-order valence-corrected chi connectivity index (χ4v) is 5.65. The molecule has 0 aliphatic heterocycles. The Labute approximate surface area is 219 Å². The summed E-state index contributed by atoms with van der Waals surface area (Å²) >= 11 is 6.24. The number of nitrogens with zero attached hydrogens (tertiary/aromatic N) is 3. The van der Waals surface area contributed by atoms with E-state index in [0.717, 1.165) is 56.0 Å². The summed E-state index contributed by atoms with van der Waals surface area (Å²) in [5.74, 6) is 0.831. The van der Waals surface area contributed by atoms with Gasteiger partial charge in [-0.05, 0) is 81.4 Å². The molecule has 0 saturated heterocycles. The Morgan fingerprint density at radius 3 is 2.22 bits per heavy atom. The average molecular weight is 518 g/mol. The molecular formula is C29H32ClN3O2Si. The SMILES string of the molecule is COc1ccc(Cn2c(C)c(C)c3c(-c4ccc(Cl)cc4)c(C(C#N)O[Si](C)(C)C)c(C)nc32)cc1. The van der Waals surface area contributed by atoms with Crippen molar-refractivity contribution in [3.63, 3.8) is 0 Å². The van der Waals surface area contributed by atoms with E-state index in [1.165, 1.54) is 0 Å². The number of benzene rings is 2. The van der Waals surface area contributed by atoms with Gasteiger partial charge < -0.3 is 13.7 Å². The first kappa shape index (κ1) is 26.0. The standard InChI is InChI=1S/C29H32ClN3O2Si/c1-18-20(3)33(17-21-8-14-24(34-4)15-9-21)29-26(18)28(22-10-12-23(30)13-11-22)27(19(2)32-29)25(16-31)35-36(5,6)7/h8-15,25H,17H2,1-7H3. The highest BCUT2D eigenvalue weighted by molar-refractivity contribution is 6.69. The van der Waals surface area contributed by atoms with Crippen molar-refractivity contribution in [2.45, 2.75) is 53.1 Å². The predicted octanol–water partition coefficient (Wildman–Crippen LogP) is 7.76. The van der Waals surface area contributed by atoms with Crippen LogP contribution in [0.1, 0.15) is 34.2 Å². The summed E-state index contributed by atoms with van der Waals surface area (Å²) in [6.07, 6.45) is -0.705. The van der Waals surface area contributed by atoms with Gasteiger partial charge in [-0.2, -0.15) is 5.26 Å². The molecule has 186 valence electrons. The van der Waals surface area contributed by atoms with Gasteiger partial charge in [0.1, 0.15) is 11.4 Å².